The Labute approximate surface area is 149 Å². The van der Waals surface area contributed by atoms with Gasteiger partial charge in [-0.05, 0) is 25.1 Å². The van der Waals surface area contributed by atoms with Gasteiger partial charge < -0.3 is 10.1 Å². The zero-order valence-corrected chi connectivity index (χ0v) is 14.8. The van der Waals surface area contributed by atoms with Crippen LogP contribution in [0.4, 0.5) is 18.3 Å². The molecule has 10 heteroatoms. The largest absolute Gasteiger partial charge is 0.465 e. The summed E-state index contributed by atoms with van der Waals surface area (Å²) in [5, 5.41) is 2.74. The molecule has 25 heavy (non-hydrogen) atoms. The van der Waals surface area contributed by atoms with Crippen LogP contribution in [-0.2, 0) is 15.7 Å². The number of carbonyl (C=O) groups is 2. The molecule has 0 spiro atoms. The second-order valence-corrected chi connectivity index (χ2v) is 6.84. The molecule has 0 aliphatic heterocycles. The highest BCUT2D eigenvalue weighted by Gasteiger charge is 2.30. The van der Waals surface area contributed by atoms with Gasteiger partial charge in [0.25, 0.3) is 0 Å². The number of rotatable bonds is 5. The molecule has 0 saturated carbocycles. The lowest BCUT2D eigenvalue weighted by molar-refractivity contribution is -0.137. The Hall–Kier alpha value is -2.07. The molecule has 2 rings (SSSR count). The minimum absolute atomic E-state index is 0.0898. The fourth-order valence-corrected chi connectivity index (χ4v) is 3.45. The van der Waals surface area contributed by atoms with Crippen molar-refractivity contribution in [3.63, 3.8) is 0 Å². The van der Waals surface area contributed by atoms with Gasteiger partial charge in [-0.25, -0.2) is 9.78 Å². The van der Waals surface area contributed by atoms with Gasteiger partial charge in [-0.3, -0.25) is 4.79 Å². The number of esters is 1. The number of anilines is 1. The van der Waals surface area contributed by atoms with Crippen LogP contribution in [0.5, 0.6) is 0 Å². The van der Waals surface area contributed by atoms with E-state index in [0.29, 0.717) is 10.6 Å². The number of ether oxygens (including phenoxy) is 1. The van der Waals surface area contributed by atoms with E-state index in [4.69, 9.17) is 0 Å². The van der Waals surface area contributed by atoms with E-state index in [1.807, 2.05) is 0 Å². The number of carbonyl (C=O) groups excluding carboxylic acids is 2. The van der Waals surface area contributed by atoms with Crippen molar-refractivity contribution in [2.75, 3.05) is 18.2 Å². The van der Waals surface area contributed by atoms with Crippen molar-refractivity contribution in [1.82, 2.24) is 4.98 Å². The van der Waals surface area contributed by atoms with Crippen molar-refractivity contribution in [2.45, 2.75) is 18.0 Å². The van der Waals surface area contributed by atoms with Gasteiger partial charge in [0, 0.05) is 4.90 Å². The average Bonchev–Trinajstić information content (AvgIpc) is 2.92. The van der Waals surface area contributed by atoms with E-state index >= 15 is 0 Å². The fraction of sp³-hybridized carbons (Fsp3) is 0.267. The summed E-state index contributed by atoms with van der Waals surface area (Å²) in [6, 6.07) is 4.74. The van der Waals surface area contributed by atoms with Crippen LogP contribution >= 0.6 is 23.1 Å². The molecule has 5 nitrogen and oxygen atoms in total. The Kier molecular flexibility index (Phi) is 6.07. The molecule has 0 aliphatic carbocycles. The van der Waals surface area contributed by atoms with Crippen molar-refractivity contribution in [1.29, 1.82) is 0 Å². The quantitative estimate of drug-likeness (QED) is 0.618. The number of hydrogen-bond acceptors (Lipinski definition) is 6. The van der Waals surface area contributed by atoms with E-state index in [1.165, 1.54) is 19.2 Å². The van der Waals surface area contributed by atoms with Gasteiger partial charge in [-0.2, -0.15) is 13.2 Å². The molecule has 1 N–H and O–H groups in total. The van der Waals surface area contributed by atoms with Crippen LogP contribution in [0.2, 0.25) is 0 Å². The maximum absolute atomic E-state index is 12.7. The third-order valence-corrected chi connectivity index (χ3v) is 4.99. The number of hydrogen-bond donors (Lipinski definition) is 1. The van der Waals surface area contributed by atoms with E-state index in [1.54, 1.807) is 6.92 Å². The summed E-state index contributed by atoms with van der Waals surface area (Å²) in [6.07, 6.45) is -4.43. The summed E-state index contributed by atoms with van der Waals surface area (Å²) in [5.74, 6) is -1.07. The third-order valence-electron chi connectivity index (χ3n) is 2.95. The molecule has 0 unspecified atom stereocenters. The topological polar surface area (TPSA) is 68.3 Å². The van der Waals surface area contributed by atoms with Crippen LogP contribution in [0.25, 0.3) is 0 Å². The molecular formula is C15H13F3N2O3S2. The molecule has 1 aromatic heterocycles. The van der Waals surface area contributed by atoms with Gasteiger partial charge in [-0.1, -0.05) is 17.4 Å². The van der Waals surface area contributed by atoms with Gasteiger partial charge in [0.1, 0.15) is 4.88 Å². The molecule has 0 aliphatic rings. The monoisotopic (exact) mass is 390 g/mol. The number of thioether (sulfide) groups is 1. The van der Waals surface area contributed by atoms with Crippen LogP contribution in [-0.4, -0.2) is 29.7 Å². The smallest absolute Gasteiger partial charge is 0.416 e. The maximum Gasteiger partial charge on any atom is 0.416 e. The Balaban J connectivity index is 1.96. The predicted molar refractivity (Wildman–Crippen MR) is 89.0 cm³/mol. The number of alkyl halides is 3. The number of amides is 1. The lowest BCUT2D eigenvalue weighted by Crippen LogP contribution is -2.13. The Morgan fingerprint density at radius 1 is 1.36 bits per heavy atom. The number of nitrogens with zero attached hydrogens (tertiary/aromatic N) is 1. The number of aromatic nitrogens is 1. The molecule has 0 atom stereocenters. The molecule has 0 radical (unpaired) electrons. The molecule has 134 valence electrons. The molecule has 2 aromatic rings. The molecule has 1 heterocycles. The Morgan fingerprint density at radius 3 is 2.72 bits per heavy atom. The van der Waals surface area contributed by atoms with E-state index in [2.05, 4.69) is 15.0 Å². The lowest BCUT2D eigenvalue weighted by Gasteiger charge is -2.08. The van der Waals surface area contributed by atoms with Crippen molar-refractivity contribution in [3.05, 3.63) is 40.4 Å². The summed E-state index contributed by atoms with van der Waals surface area (Å²) >= 11 is 1.95. The van der Waals surface area contributed by atoms with Crippen molar-refractivity contribution >= 4 is 40.1 Å². The highest BCUT2D eigenvalue weighted by Crippen LogP contribution is 2.32. The second kappa shape index (κ2) is 7.87. The minimum atomic E-state index is -4.43. The normalized spacial score (nSPS) is 11.2. The average molecular weight is 390 g/mol. The molecule has 0 bridgehead atoms. The summed E-state index contributed by atoms with van der Waals surface area (Å²) in [7, 11) is 1.24. The van der Waals surface area contributed by atoms with Crippen LogP contribution < -0.4 is 5.32 Å². The fourth-order valence-electron chi connectivity index (χ4n) is 1.80. The molecular weight excluding hydrogens is 377 g/mol. The zero-order valence-electron chi connectivity index (χ0n) is 13.1. The molecule has 0 fully saturated rings. The second-order valence-electron chi connectivity index (χ2n) is 4.79. The molecule has 1 aromatic carbocycles. The van der Waals surface area contributed by atoms with Crippen molar-refractivity contribution in [3.8, 4) is 0 Å². The predicted octanol–water partition coefficient (Wildman–Crippen LogP) is 3.99. The third kappa shape index (κ3) is 5.20. The van der Waals surface area contributed by atoms with Gasteiger partial charge in [-0.15, -0.1) is 11.8 Å². The number of thiazole rings is 1. The molecule has 0 saturated heterocycles. The SMILES string of the molecule is COC(=O)c1sc(NC(=O)CSc2cccc(C(F)(F)F)c2)nc1C. The van der Waals surface area contributed by atoms with Gasteiger partial charge in [0.15, 0.2) is 5.13 Å². The molecule has 1 amide bonds. The summed E-state index contributed by atoms with van der Waals surface area (Å²) < 4.78 is 42.6. The van der Waals surface area contributed by atoms with E-state index in [-0.39, 0.29) is 15.8 Å². The van der Waals surface area contributed by atoms with Crippen molar-refractivity contribution in [2.24, 2.45) is 0 Å². The van der Waals surface area contributed by atoms with E-state index in [0.717, 1.165) is 35.2 Å². The van der Waals surface area contributed by atoms with Crippen LogP contribution in [0, 0.1) is 6.92 Å². The first kappa shape index (κ1) is 19.3. The number of aryl methyl sites for hydroxylation is 1. The van der Waals surface area contributed by atoms with Gasteiger partial charge in [0.2, 0.25) is 5.91 Å². The number of nitrogens with one attached hydrogen (secondary N) is 1. The number of benzene rings is 1. The van der Waals surface area contributed by atoms with Gasteiger partial charge >= 0.3 is 12.1 Å². The van der Waals surface area contributed by atoms with E-state index in [9.17, 15) is 22.8 Å². The van der Waals surface area contributed by atoms with Crippen LogP contribution in [0.1, 0.15) is 20.9 Å². The minimum Gasteiger partial charge on any atom is -0.465 e. The van der Waals surface area contributed by atoms with Crippen LogP contribution in [0.3, 0.4) is 0 Å². The first-order valence-corrected chi connectivity index (χ1v) is 8.66. The van der Waals surface area contributed by atoms with Crippen molar-refractivity contribution < 1.29 is 27.5 Å². The summed E-state index contributed by atoms with van der Waals surface area (Å²) in [5.41, 5.74) is -0.339. The summed E-state index contributed by atoms with van der Waals surface area (Å²) in [6.45, 7) is 1.61. The first-order valence-electron chi connectivity index (χ1n) is 6.86. The Bertz CT molecular complexity index is 791. The van der Waals surface area contributed by atoms with E-state index < -0.39 is 23.6 Å². The lowest BCUT2D eigenvalue weighted by atomic mass is 10.2. The first-order chi connectivity index (χ1) is 11.7. The standard InChI is InChI=1S/C15H13F3N2O3S2/c1-8-12(13(22)23-2)25-14(19-8)20-11(21)7-24-10-5-3-4-9(6-10)15(16,17)18/h3-6H,7H2,1-2H3,(H,19,20,21). The number of methoxy groups -OCH3 is 1. The summed E-state index contributed by atoms with van der Waals surface area (Å²) in [4.78, 5) is 28.1. The highest BCUT2D eigenvalue weighted by atomic mass is 32.2. The maximum atomic E-state index is 12.7. The zero-order chi connectivity index (χ0) is 18.6. The highest BCUT2D eigenvalue weighted by molar-refractivity contribution is 8.00. The van der Waals surface area contributed by atoms with Gasteiger partial charge in [0.05, 0.1) is 24.1 Å². The van der Waals surface area contributed by atoms with Crippen LogP contribution in [0.15, 0.2) is 29.2 Å². The Morgan fingerprint density at radius 2 is 2.08 bits per heavy atom. The number of halogens is 3.